The molecule has 0 spiro atoms. The zero-order chi connectivity index (χ0) is 19.9. The van der Waals surface area contributed by atoms with Gasteiger partial charge >= 0.3 is 0 Å². The number of benzene rings is 2. The fourth-order valence-electron chi connectivity index (χ4n) is 2.62. The Morgan fingerprint density at radius 2 is 1.79 bits per heavy atom. The van der Waals surface area contributed by atoms with Gasteiger partial charge in [-0.2, -0.15) is 0 Å². The van der Waals surface area contributed by atoms with E-state index in [0.717, 1.165) is 10.4 Å². The van der Waals surface area contributed by atoms with Crippen molar-refractivity contribution in [3.05, 3.63) is 82.3 Å². The molecule has 1 heterocycles. The van der Waals surface area contributed by atoms with Crippen molar-refractivity contribution in [1.29, 1.82) is 0 Å². The van der Waals surface area contributed by atoms with E-state index in [9.17, 15) is 14.0 Å². The molecule has 1 aromatic heterocycles. The lowest BCUT2D eigenvalue weighted by Gasteiger charge is -2.18. The van der Waals surface area contributed by atoms with Crippen LogP contribution in [0.4, 0.5) is 10.1 Å². The molecule has 28 heavy (non-hydrogen) atoms. The summed E-state index contributed by atoms with van der Waals surface area (Å²) in [6, 6.07) is 16.2. The van der Waals surface area contributed by atoms with E-state index < -0.39 is 0 Å². The van der Waals surface area contributed by atoms with Crippen molar-refractivity contribution < 1.29 is 18.7 Å². The van der Waals surface area contributed by atoms with Crippen LogP contribution in [-0.4, -0.2) is 18.4 Å². The molecule has 0 bridgehead atoms. The quantitative estimate of drug-likeness (QED) is 0.629. The van der Waals surface area contributed by atoms with Crippen molar-refractivity contribution in [2.45, 2.75) is 13.0 Å². The molecule has 0 aliphatic heterocycles. The third-order valence-corrected chi connectivity index (χ3v) is 4.82. The summed E-state index contributed by atoms with van der Waals surface area (Å²) in [5.74, 6) is -0.271. The maximum atomic E-state index is 13.2. The van der Waals surface area contributed by atoms with Gasteiger partial charge in [-0.05, 0) is 53.4 Å². The Morgan fingerprint density at radius 1 is 1.07 bits per heavy atom. The van der Waals surface area contributed by atoms with Gasteiger partial charge in [-0.25, -0.2) is 4.39 Å². The minimum absolute atomic E-state index is 0.159. The van der Waals surface area contributed by atoms with Crippen LogP contribution in [0.15, 0.2) is 66.0 Å². The zero-order valence-electron chi connectivity index (χ0n) is 15.1. The number of nitrogens with one attached hydrogen (secondary N) is 2. The van der Waals surface area contributed by atoms with E-state index in [1.165, 1.54) is 30.4 Å². The van der Waals surface area contributed by atoms with E-state index in [1.807, 2.05) is 17.5 Å². The highest BCUT2D eigenvalue weighted by Gasteiger charge is 2.18. The molecule has 0 aliphatic carbocycles. The standard InChI is InChI=1S/C21H19FN2O3S/c1-14(25)23-17-8-10-18(11-9-17)27-13-20(26)24-21(19-3-2-12-28-19)15-4-6-16(22)7-5-15/h2-12,21H,13H2,1H3,(H,23,25)(H,24,26)/t21-/m1/s1. The molecule has 3 rings (SSSR count). The average molecular weight is 398 g/mol. The Labute approximate surface area is 166 Å². The Hall–Kier alpha value is -3.19. The predicted octanol–water partition coefficient (Wildman–Crippen LogP) is 4.13. The van der Waals surface area contributed by atoms with Gasteiger partial charge in [0.2, 0.25) is 5.91 Å². The normalized spacial score (nSPS) is 11.5. The molecule has 5 nitrogen and oxygen atoms in total. The molecular weight excluding hydrogens is 379 g/mol. The third-order valence-electron chi connectivity index (χ3n) is 3.88. The molecule has 0 saturated heterocycles. The number of anilines is 1. The average Bonchev–Trinajstić information content (AvgIpc) is 3.20. The predicted molar refractivity (Wildman–Crippen MR) is 107 cm³/mol. The smallest absolute Gasteiger partial charge is 0.258 e. The van der Waals surface area contributed by atoms with Gasteiger partial charge in [-0.15, -0.1) is 11.3 Å². The van der Waals surface area contributed by atoms with Gasteiger partial charge in [-0.3, -0.25) is 9.59 Å². The molecular formula is C21H19FN2O3S. The summed E-state index contributed by atoms with van der Waals surface area (Å²) in [5.41, 5.74) is 1.44. The monoisotopic (exact) mass is 398 g/mol. The maximum Gasteiger partial charge on any atom is 0.258 e. The number of halogens is 1. The molecule has 144 valence electrons. The van der Waals surface area contributed by atoms with Crippen molar-refractivity contribution in [3.8, 4) is 5.75 Å². The van der Waals surface area contributed by atoms with Crippen molar-refractivity contribution in [2.24, 2.45) is 0 Å². The fraction of sp³-hybridized carbons (Fsp3) is 0.143. The molecule has 2 aromatic carbocycles. The molecule has 2 amide bonds. The lowest BCUT2D eigenvalue weighted by molar-refractivity contribution is -0.123. The number of ether oxygens (including phenoxy) is 1. The second-order valence-electron chi connectivity index (χ2n) is 6.06. The third kappa shape index (κ3) is 5.40. The van der Waals surface area contributed by atoms with Crippen LogP contribution in [0.1, 0.15) is 23.4 Å². The summed E-state index contributed by atoms with van der Waals surface area (Å²) < 4.78 is 18.8. The molecule has 3 aromatic rings. The molecule has 7 heteroatoms. The molecule has 2 N–H and O–H groups in total. The van der Waals surface area contributed by atoms with E-state index in [-0.39, 0.29) is 30.3 Å². The van der Waals surface area contributed by atoms with Gasteiger partial charge in [-0.1, -0.05) is 18.2 Å². The highest BCUT2D eigenvalue weighted by Crippen LogP contribution is 2.26. The first kappa shape index (κ1) is 19.6. The SMILES string of the molecule is CC(=O)Nc1ccc(OCC(=O)N[C@H](c2ccc(F)cc2)c2cccs2)cc1. The lowest BCUT2D eigenvalue weighted by Crippen LogP contribution is -2.32. The molecule has 0 saturated carbocycles. The largest absolute Gasteiger partial charge is 0.484 e. The van der Waals surface area contributed by atoms with Crippen LogP contribution in [0.2, 0.25) is 0 Å². The number of carbonyl (C=O) groups excluding carboxylic acids is 2. The number of hydrogen-bond donors (Lipinski definition) is 2. The first-order valence-corrected chi connectivity index (χ1v) is 9.48. The Morgan fingerprint density at radius 3 is 2.39 bits per heavy atom. The summed E-state index contributed by atoms with van der Waals surface area (Å²) in [6.45, 7) is 1.27. The number of amides is 2. The molecule has 0 aliphatic rings. The number of hydrogen-bond acceptors (Lipinski definition) is 4. The summed E-state index contributed by atoms with van der Waals surface area (Å²) >= 11 is 1.51. The molecule has 0 radical (unpaired) electrons. The van der Waals surface area contributed by atoms with E-state index in [1.54, 1.807) is 36.4 Å². The molecule has 0 fully saturated rings. The van der Waals surface area contributed by atoms with Crippen molar-refractivity contribution in [2.75, 3.05) is 11.9 Å². The first-order chi connectivity index (χ1) is 13.5. The number of rotatable bonds is 7. The van der Waals surface area contributed by atoms with Crippen LogP contribution < -0.4 is 15.4 Å². The van der Waals surface area contributed by atoms with Crippen LogP contribution in [0.3, 0.4) is 0 Å². The minimum Gasteiger partial charge on any atom is -0.484 e. The van der Waals surface area contributed by atoms with Crippen LogP contribution >= 0.6 is 11.3 Å². The van der Waals surface area contributed by atoms with E-state index >= 15 is 0 Å². The summed E-state index contributed by atoms with van der Waals surface area (Å²) in [5, 5.41) is 7.51. The van der Waals surface area contributed by atoms with Crippen molar-refractivity contribution in [1.82, 2.24) is 5.32 Å². The van der Waals surface area contributed by atoms with Crippen LogP contribution in [0.5, 0.6) is 5.75 Å². The van der Waals surface area contributed by atoms with Gasteiger partial charge in [0.15, 0.2) is 6.61 Å². The first-order valence-electron chi connectivity index (χ1n) is 8.60. The zero-order valence-corrected chi connectivity index (χ0v) is 16.0. The second-order valence-corrected chi connectivity index (χ2v) is 7.04. The van der Waals surface area contributed by atoms with Gasteiger partial charge < -0.3 is 15.4 Å². The Balaban J connectivity index is 1.62. The second kappa shape index (κ2) is 9.14. The number of carbonyl (C=O) groups is 2. The highest BCUT2D eigenvalue weighted by molar-refractivity contribution is 7.10. The van der Waals surface area contributed by atoms with Gasteiger partial charge in [0.1, 0.15) is 11.6 Å². The van der Waals surface area contributed by atoms with Gasteiger partial charge in [0, 0.05) is 17.5 Å². The van der Waals surface area contributed by atoms with E-state index in [0.29, 0.717) is 11.4 Å². The summed E-state index contributed by atoms with van der Waals surface area (Å²) in [4.78, 5) is 24.4. The highest BCUT2D eigenvalue weighted by atomic mass is 32.1. The molecule has 1 atom stereocenters. The summed E-state index contributed by atoms with van der Waals surface area (Å²) in [7, 11) is 0. The van der Waals surface area contributed by atoms with E-state index in [4.69, 9.17) is 4.74 Å². The fourth-order valence-corrected chi connectivity index (χ4v) is 3.42. The van der Waals surface area contributed by atoms with Gasteiger partial charge in [0.25, 0.3) is 5.91 Å². The maximum absolute atomic E-state index is 13.2. The summed E-state index contributed by atoms with van der Waals surface area (Å²) in [6.07, 6.45) is 0. The number of thiophene rings is 1. The Kier molecular flexibility index (Phi) is 6.39. The minimum atomic E-state index is -0.376. The Bertz CT molecular complexity index is 925. The topological polar surface area (TPSA) is 67.4 Å². The van der Waals surface area contributed by atoms with Crippen LogP contribution in [-0.2, 0) is 9.59 Å². The lowest BCUT2D eigenvalue weighted by atomic mass is 10.1. The molecule has 0 unspecified atom stereocenters. The van der Waals surface area contributed by atoms with Crippen LogP contribution in [0, 0.1) is 5.82 Å². The van der Waals surface area contributed by atoms with E-state index in [2.05, 4.69) is 10.6 Å². The van der Waals surface area contributed by atoms with Crippen LogP contribution in [0.25, 0.3) is 0 Å². The van der Waals surface area contributed by atoms with Crippen molar-refractivity contribution in [3.63, 3.8) is 0 Å². The van der Waals surface area contributed by atoms with Gasteiger partial charge in [0.05, 0.1) is 6.04 Å². The van der Waals surface area contributed by atoms with Crippen molar-refractivity contribution >= 4 is 28.8 Å².